The minimum absolute atomic E-state index is 0.167. The Kier molecular flexibility index (Phi) is 9.57. The molecule has 1 N–H and O–H groups in total. The molecule has 0 radical (unpaired) electrons. The number of hydrogen-bond donors (Lipinski definition) is 1. The summed E-state index contributed by atoms with van der Waals surface area (Å²) in [6.45, 7) is 2.34. The zero-order chi connectivity index (χ0) is 9.23. The zero-order valence-corrected chi connectivity index (χ0v) is 8.74. The third kappa shape index (κ3) is 8.37. The molecule has 0 heterocycles. The highest BCUT2D eigenvalue weighted by Crippen LogP contribution is 2.03. The van der Waals surface area contributed by atoms with Crippen LogP contribution in [0.25, 0.3) is 0 Å². The first-order valence-electron chi connectivity index (χ1n) is 4.77. The third-order valence-electron chi connectivity index (χ3n) is 1.76. The van der Waals surface area contributed by atoms with E-state index >= 15 is 0 Å². The summed E-state index contributed by atoms with van der Waals surface area (Å²) in [5.41, 5.74) is 0. The molecule has 0 saturated carbocycles. The molecule has 0 rings (SSSR count). The van der Waals surface area contributed by atoms with Crippen molar-refractivity contribution in [2.24, 2.45) is 0 Å². The monoisotopic (exact) mass is 192 g/mol. The van der Waals surface area contributed by atoms with Gasteiger partial charge in [0, 0.05) is 13.0 Å². The Morgan fingerprint density at radius 2 is 1.75 bits per heavy atom. The molecule has 3 heteroatoms. The topological polar surface area (TPSA) is 43.3 Å². The maximum Gasteiger partial charge on any atom is 0.107 e. The van der Waals surface area contributed by atoms with Crippen molar-refractivity contribution >= 4 is 11.2 Å². The van der Waals surface area contributed by atoms with Gasteiger partial charge in [-0.2, -0.15) is 0 Å². The SMILES string of the molecule is CCCCCC[S+]([O-])CCCO. The Morgan fingerprint density at radius 3 is 2.33 bits per heavy atom. The van der Waals surface area contributed by atoms with Crippen LogP contribution in [-0.4, -0.2) is 27.8 Å². The van der Waals surface area contributed by atoms with E-state index in [1.807, 2.05) is 0 Å². The first-order chi connectivity index (χ1) is 5.81. The first kappa shape index (κ1) is 12.3. The molecule has 1 atom stereocenters. The predicted molar refractivity (Wildman–Crippen MR) is 53.7 cm³/mol. The van der Waals surface area contributed by atoms with Crippen molar-refractivity contribution in [2.45, 2.75) is 39.0 Å². The van der Waals surface area contributed by atoms with Gasteiger partial charge in [0.25, 0.3) is 0 Å². The second-order valence-electron chi connectivity index (χ2n) is 2.99. The molecular formula is C9H20O2S. The fourth-order valence-corrected chi connectivity index (χ4v) is 2.20. The molecule has 2 nitrogen and oxygen atoms in total. The van der Waals surface area contributed by atoms with Gasteiger partial charge in [-0.15, -0.1) is 0 Å². The lowest BCUT2D eigenvalue weighted by Gasteiger charge is -2.09. The number of rotatable bonds is 8. The maximum absolute atomic E-state index is 11.2. The summed E-state index contributed by atoms with van der Waals surface area (Å²) in [6, 6.07) is 0. The summed E-state index contributed by atoms with van der Waals surface area (Å²) in [4.78, 5) is 0. The van der Waals surface area contributed by atoms with Crippen LogP contribution in [0.5, 0.6) is 0 Å². The second-order valence-corrected chi connectivity index (χ2v) is 4.68. The van der Waals surface area contributed by atoms with Crippen molar-refractivity contribution in [1.82, 2.24) is 0 Å². The van der Waals surface area contributed by atoms with Crippen LogP contribution in [0.1, 0.15) is 39.0 Å². The van der Waals surface area contributed by atoms with Crippen LogP contribution in [0.4, 0.5) is 0 Å². The van der Waals surface area contributed by atoms with Gasteiger partial charge >= 0.3 is 0 Å². The fraction of sp³-hybridized carbons (Fsp3) is 1.00. The summed E-state index contributed by atoms with van der Waals surface area (Å²) in [5, 5.41) is 8.49. The Labute approximate surface area is 78.5 Å². The minimum Gasteiger partial charge on any atom is -0.616 e. The lowest BCUT2D eigenvalue weighted by Crippen LogP contribution is -2.12. The van der Waals surface area contributed by atoms with E-state index in [2.05, 4.69) is 6.92 Å². The highest BCUT2D eigenvalue weighted by molar-refractivity contribution is 7.91. The highest BCUT2D eigenvalue weighted by Gasteiger charge is 2.03. The average Bonchev–Trinajstić information content (AvgIpc) is 2.09. The van der Waals surface area contributed by atoms with Crippen molar-refractivity contribution < 1.29 is 9.66 Å². The maximum atomic E-state index is 11.2. The summed E-state index contributed by atoms with van der Waals surface area (Å²) in [7, 11) is 0. The highest BCUT2D eigenvalue weighted by atomic mass is 32.2. The van der Waals surface area contributed by atoms with Crippen molar-refractivity contribution in [2.75, 3.05) is 18.1 Å². The van der Waals surface area contributed by atoms with Gasteiger partial charge in [0.2, 0.25) is 0 Å². The van der Waals surface area contributed by atoms with E-state index in [0.717, 1.165) is 12.2 Å². The molecule has 0 aliphatic carbocycles. The standard InChI is InChI=1S/C9H20O2S/c1-2-3-4-5-8-12(11)9-6-7-10/h10H,2-9H2,1H3. The molecular weight excluding hydrogens is 172 g/mol. The quantitative estimate of drug-likeness (QED) is 0.470. The molecule has 12 heavy (non-hydrogen) atoms. The van der Waals surface area contributed by atoms with Gasteiger partial charge in [-0.3, -0.25) is 0 Å². The van der Waals surface area contributed by atoms with Gasteiger partial charge in [-0.25, -0.2) is 0 Å². The second kappa shape index (κ2) is 9.36. The molecule has 0 fully saturated rings. The van der Waals surface area contributed by atoms with Crippen LogP contribution in [0.2, 0.25) is 0 Å². The fourth-order valence-electron chi connectivity index (χ4n) is 1.02. The molecule has 0 amide bonds. The molecule has 74 valence electrons. The minimum atomic E-state index is -0.683. The predicted octanol–water partition coefficient (Wildman–Crippen LogP) is 1.70. The van der Waals surface area contributed by atoms with Crippen LogP contribution >= 0.6 is 0 Å². The Balaban J connectivity index is 3.02. The van der Waals surface area contributed by atoms with Gasteiger partial charge < -0.3 is 9.66 Å². The van der Waals surface area contributed by atoms with Crippen molar-refractivity contribution in [3.8, 4) is 0 Å². The largest absolute Gasteiger partial charge is 0.616 e. The lowest BCUT2D eigenvalue weighted by atomic mass is 10.2. The molecule has 0 bridgehead atoms. The van der Waals surface area contributed by atoms with E-state index in [4.69, 9.17) is 5.11 Å². The molecule has 0 aliphatic heterocycles. The molecule has 0 spiro atoms. The summed E-state index contributed by atoms with van der Waals surface area (Å²) in [6.07, 6.45) is 5.42. The van der Waals surface area contributed by atoms with Gasteiger partial charge in [0.05, 0.1) is 0 Å². The van der Waals surface area contributed by atoms with E-state index in [9.17, 15) is 4.55 Å². The van der Waals surface area contributed by atoms with Crippen LogP contribution in [0, 0.1) is 0 Å². The molecule has 0 aromatic carbocycles. The van der Waals surface area contributed by atoms with E-state index in [1.165, 1.54) is 19.3 Å². The molecule has 0 aromatic rings. The van der Waals surface area contributed by atoms with Gasteiger partial charge in [0.1, 0.15) is 11.5 Å². The summed E-state index contributed by atoms with van der Waals surface area (Å²) in [5.74, 6) is 1.49. The molecule has 0 saturated heterocycles. The van der Waals surface area contributed by atoms with Gasteiger partial charge in [-0.05, 0) is 12.8 Å². The van der Waals surface area contributed by atoms with Crippen molar-refractivity contribution in [3.05, 3.63) is 0 Å². The van der Waals surface area contributed by atoms with E-state index in [0.29, 0.717) is 12.2 Å². The number of unbranched alkanes of at least 4 members (excludes halogenated alkanes) is 3. The van der Waals surface area contributed by atoms with Crippen LogP contribution in [-0.2, 0) is 11.2 Å². The van der Waals surface area contributed by atoms with Gasteiger partial charge in [-0.1, -0.05) is 30.9 Å². The molecule has 1 unspecified atom stereocenters. The third-order valence-corrected chi connectivity index (χ3v) is 3.24. The number of aliphatic hydroxyl groups excluding tert-OH is 1. The van der Waals surface area contributed by atoms with E-state index in [1.54, 1.807) is 0 Å². The van der Waals surface area contributed by atoms with Crippen LogP contribution in [0.3, 0.4) is 0 Å². The molecule has 0 aromatic heterocycles. The Hall–Kier alpha value is 0.270. The lowest BCUT2D eigenvalue weighted by molar-refractivity contribution is 0.295. The van der Waals surface area contributed by atoms with Crippen LogP contribution in [0.15, 0.2) is 0 Å². The molecule has 0 aliphatic rings. The van der Waals surface area contributed by atoms with E-state index in [-0.39, 0.29) is 6.61 Å². The first-order valence-corrected chi connectivity index (χ1v) is 6.26. The average molecular weight is 192 g/mol. The summed E-state index contributed by atoms with van der Waals surface area (Å²) >= 11 is -0.683. The Bertz CT molecular complexity index is 88.6. The van der Waals surface area contributed by atoms with Crippen molar-refractivity contribution in [3.63, 3.8) is 0 Å². The zero-order valence-electron chi connectivity index (χ0n) is 7.92. The normalized spacial score (nSPS) is 13.2. The Morgan fingerprint density at radius 1 is 1.08 bits per heavy atom. The number of aliphatic hydroxyl groups is 1. The van der Waals surface area contributed by atoms with Crippen molar-refractivity contribution in [1.29, 1.82) is 0 Å². The van der Waals surface area contributed by atoms with Crippen LogP contribution < -0.4 is 0 Å². The summed E-state index contributed by atoms with van der Waals surface area (Å²) < 4.78 is 11.2. The number of hydrogen-bond acceptors (Lipinski definition) is 2. The van der Waals surface area contributed by atoms with E-state index < -0.39 is 11.2 Å². The smallest absolute Gasteiger partial charge is 0.107 e. The van der Waals surface area contributed by atoms with Gasteiger partial charge in [0.15, 0.2) is 0 Å².